The standard InChI is InChI=1S/C13H21N5O3/c1-9-15-12(21-17-9)16-11(20)14-8-13(6-4-5-7-13)10(19)18(2)3/h4-8H2,1-3H3,(H2,14,15,16,17,20). The Kier molecular flexibility index (Phi) is 4.44. The number of aromatic nitrogens is 2. The summed E-state index contributed by atoms with van der Waals surface area (Å²) in [7, 11) is 3.48. The molecule has 0 spiro atoms. The second kappa shape index (κ2) is 6.11. The van der Waals surface area contributed by atoms with Crippen LogP contribution in [0.5, 0.6) is 0 Å². The first kappa shape index (κ1) is 15.3. The summed E-state index contributed by atoms with van der Waals surface area (Å²) < 4.78 is 4.81. The molecule has 0 bridgehead atoms. The van der Waals surface area contributed by atoms with Gasteiger partial charge in [-0.25, -0.2) is 4.79 Å². The Morgan fingerprint density at radius 2 is 2.00 bits per heavy atom. The maximum atomic E-state index is 12.4. The maximum Gasteiger partial charge on any atom is 0.329 e. The molecule has 1 aliphatic carbocycles. The van der Waals surface area contributed by atoms with Crippen LogP contribution in [0.1, 0.15) is 31.5 Å². The average molecular weight is 295 g/mol. The topological polar surface area (TPSA) is 100 Å². The van der Waals surface area contributed by atoms with Crippen LogP contribution in [0.2, 0.25) is 0 Å². The molecule has 0 aliphatic heterocycles. The Balaban J connectivity index is 1.93. The maximum absolute atomic E-state index is 12.4. The summed E-state index contributed by atoms with van der Waals surface area (Å²) >= 11 is 0. The van der Waals surface area contributed by atoms with Crippen LogP contribution in [0.25, 0.3) is 0 Å². The third-order valence-corrected chi connectivity index (χ3v) is 3.76. The lowest BCUT2D eigenvalue weighted by Crippen LogP contribution is -2.47. The molecule has 0 radical (unpaired) electrons. The predicted molar refractivity (Wildman–Crippen MR) is 75.7 cm³/mol. The van der Waals surface area contributed by atoms with Crippen LogP contribution < -0.4 is 10.6 Å². The van der Waals surface area contributed by atoms with E-state index in [1.165, 1.54) is 0 Å². The molecule has 0 aromatic carbocycles. The number of amides is 3. The molecule has 1 heterocycles. The van der Waals surface area contributed by atoms with Gasteiger partial charge in [-0.05, 0) is 19.8 Å². The van der Waals surface area contributed by atoms with E-state index < -0.39 is 11.4 Å². The first-order chi connectivity index (χ1) is 9.93. The van der Waals surface area contributed by atoms with Crippen molar-refractivity contribution in [3.05, 3.63) is 5.82 Å². The van der Waals surface area contributed by atoms with Crippen LogP contribution in [0.4, 0.5) is 10.8 Å². The number of anilines is 1. The van der Waals surface area contributed by atoms with Gasteiger partial charge in [0.05, 0.1) is 5.41 Å². The zero-order valence-electron chi connectivity index (χ0n) is 12.6. The Morgan fingerprint density at radius 3 is 2.52 bits per heavy atom. The second-order valence-corrected chi connectivity index (χ2v) is 5.64. The van der Waals surface area contributed by atoms with Gasteiger partial charge >= 0.3 is 12.0 Å². The Hall–Kier alpha value is -2.12. The van der Waals surface area contributed by atoms with E-state index in [9.17, 15) is 9.59 Å². The van der Waals surface area contributed by atoms with E-state index in [1.807, 2.05) is 0 Å². The smallest absolute Gasteiger partial charge is 0.329 e. The van der Waals surface area contributed by atoms with E-state index in [-0.39, 0.29) is 11.9 Å². The number of carbonyl (C=O) groups is 2. The van der Waals surface area contributed by atoms with Crippen molar-refractivity contribution < 1.29 is 14.1 Å². The largest absolute Gasteiger partial charge is 0.348 e. The van der Waals surface area contributed by atoms with Gasteiger partial charge in [-0.3, -0.25) is 10.1 Å². The van der Waals surface area contributed by atoms with Crippen LogP contribution in [0.15, 0.2) is 4.52 Å². The summed E-state index contributed by atoms with van der Waals surface area (Å²) in [6.45, 7) is 1.97. The highest BCUT2D eigenvalue weighted by molar-refractivity contribution is 5.88. The number of carbonyl (C=O) groups excluding carboxylic acids is 2. The molecule has 1 aliphatic rings. The van der Waals surface area contributed by atoms with E-state index in [0.29, 0.717) is 12.4 Å². The van der Waals surface area contributed by atoms with Crippen molar-refractivity contribution in [2.75, 3.05) is 26.0 Å². The number of hydrogen-bond donors (Lipinski definition) is 2. The molecule has 8 heteroatoms. The van der Waals surface area contributed by atoms with Crippen molar-refractivity contribution in [3.63, 3.8) is 0 Å². The fraction of sp³-hybridized carbons (Fsp3) is 0.692. The first-order valence-corrected chi connectivity index (χ1v) is 7.00. The number of nitrogens with zero attached hydrogens (tertiary/aromatic N) is 3. The molecular formula is C13H21N5O3. The highest BCUT2D eigenvalue weighted by atomic mass is 16.5. The summed E-state index contributed by atoms with van der Waals surface area (Å²) in [4.78, 5) is 29.7. The van der Waals surface area contributed by atoms with Gasteiger partial charge in [-0.15, -0.1) is 0 Å². The van der Waals surface area contributed by atoms with Gasteiger partial charge in [-0.2, -0.15) is 4.98 Å². The van der Waals surface area contributed by atoms with Crippen molar-refractivity contribution in [1.82, 2.24) is 20.4 Å². The second-order valence-electron chi connectivity index (χ2n) is 5.64. The summed E-state index contributed by atoms with van der Waals surface area (Å²) in [6, 6.07) is -0.402. The molecule has 2 N–H and O–H groups in total. The van der Waals surface area contributed by atoms with Crippen molar-refractivity contribution >= 4 is 18.0 Å². The molecule has 1 aromatic heterocycles. The molecule has 21 heavy (non-hydrogen) atoms. The van der Waals surface area contributed by atoms with E-state index in [2.05, 4.69) is 20.8 Å². The van der Waals surface area contributed by atoms with E-state index in [1.54, 1.807) is 25.9 Å². The van der Waals surface area contributed by atoms with Crippen LogP contribution in [0, 0.1) is 12.3 Å². The molecule has 0 unspecified atom stereocenters. The number of urea groups is 1. The van der Waals surface area contributed by atoms with E-state index in [4.69, 9.17) is 4.52 Å². The molecule has 2 rings (SSSR count). The van der Waals surface area contributed by atoms with Gasteiger partial charge in [0.15, 0.2) is 5.82 Å². The highest BCUT2D eigenvalue weighted by Crippen LogP contribution is 2.38. The third kappa shape index (κ3) is 3.50. The lowest BCUT2D eigenvalue weighted by atomic mass is 9.84. The van der Waals surface area contributed by atoms with Gasteiger partial charge in [0.2, 0.25) is 5.91 Å². The highest BCUT2D eigenvalue weighted by Gasteiger charge is 2.42. The zero-order valence-corrected chi connectivity index (χ0v) is 12.6. The molecule has 0 saturated heterocycles. The van der Waals surface area contributed by atoms with Crippen LogP contribution in [-0.4, -0.2) is 47.6 Å². The molecule has 3 amide bonds. The van der Waals surface area contributed by atoms with E-state index in [0.717, 1.165) is 25.7 Å². The Bertz CT molecular complexity index is 520. The monoisotopic (exact) mass is 295 g/mol. The molecule has 8 nitrogen and oxygen atoms in total. The van der Waals surface area contributed by atoms with Crippen molar-refractivity contribution in [3.8, 4) is 0 Å². The van der Waals surface area contributed by atoms with Crippen molar-refractivity contribution in [1.29, 1.82) is 0 Å². The van der Waals surface area contributed by atoms with Gasteiger partial charge in [0.1, 0.15) is 0 Å². The molecule has 116 valence electrons. The number of aryl methyl sites for hydroxylation is 1. The van der Waals surface area contributed by atoms with Crippen molar-refractivity contribution in [2.45, 2.75) is 32.6 Å². The molecule has 1 saturated carbocycles. The first-order valence-electron chi connectivity index (χ1n) is 7.00. The molecule has 0 atom stereocenters. The molecule has 1 fully saturated rings. The van der Waals surface area contributed by atoms with Gasteiger partial charge < -0.3 is 14.7 Å². The van der Waals surface area contributed by atoms with Gasteiger partial charge in [-0.1, -0.05) is 18.0 Å². The third-order valence-electron chi connectivity index (χ3n) is 3.76. The van der Waals surface area contributed by atoms with E-state index >= 15 is 0 Å². The summed E-state index contributed by atoms with van der Waals surface area (Å²) in [6.07, 6.45) is 3.60. The van der Waals surface area contributed by atoms with Crippen LogP contribution in [-0.2, 0) is 4.79 Å². The minimum Gasteiger partial charge on any atom is -0.348 e. The summed E-state index contributed by atoms with van der Waals surface area (Å²) in [5.41, 5.74) is -0.494. The fourth-order valence-corrected chi connectivity index (χ4v) is 2.73. The van der Waals surface area contributed by atoms with Crippen LogP contribution in [0.3, 0.4) is 0 Å². The predicted octanol–water partition coefficient (Wildman–Crippen LogP) is 1.15. The normalized spacial score (nSPS) is 16.5. The number of hydrogen-bond acceptors (Lipinski definition) is 5. The summed E-state index contributed by atoms with van der Waals surface area (Å²) in [5.74, 6) is 0.509. The van der Waals surface area contributed by atoms with Gasteiger partial charge in [0.25, 0.3) is 0 Å². The zero-order chi connectivity index (χ0) is 15.5. The Labute approximate surface area is 123 Å². The lowest BCUT2D eigenvalue weighted by molar-refractivity contribution is -0.138. The van der Waals surface area contributed by atoms with Gasteiger partial charge in [0, 0.05) is 20.6 Å². The average Bonchev–Trinajstić information content (AvgIpc) is 3.06. The van der Waals surface area contributed by atoms with Crippen LogP contribution >= 0.6 is 0 Å². The SMILES string of the molecule is Cc1noc(NC(=O)NCC2(C(=O)N(C)C)CCCC2)n1. The minimum absolute atomic E-state index is 0.0457. The molecular weight excluding hydrogens is 274 g/mol. The Morgan fingerprint density at radius 1 is 1.33 bits per heavy atom. The quantitative estimate of drug-likeness (QED) is 0.867. The number of rotatable bonds is 4. The number of nitrogens with one attached hydrogen (secondary N) is 2. The minimum atomic E-state index is -0.494. The molecule has 1 aromatic rings. The fourth-order valence-electron chi connectivity index (χ4n) is 2.73. The van der Waals surface area contributed by atoms with Crippen molar-refractivity contribution in [2.24, 2.45) is 5.41 Å². The summed E-state index contributed by atoms with van der Waals surface area (Å²) in [5, 5.41) is 8.77. The lowest BCUT2D eigenvalue weighted by Gasteiger charge is -2.30.